The Morgan fingerprint density at radius 1 is 1.12 bits per heavy atom. The lowest BCUT2D eigenvalue weighted by Crippen LogP contribution is -1.88. The van der Waals surface area contributed by atoms with Crippen LogP contribution in [0, 0.1) is 13.5 Å². The maximum absolute atomic E-state index is 7.08. The van der Waals surface area contributed by atoms with E-state index in [0.717, 1.165) is 5.52 Å². The molecule has 0 bridgehead atoms. The number of para-hydroxylation sites is 1. The molecule has 0 atom stereocenters. The Labute approximate surface area is 99.9 Å². The zero-order valence-electron chi connectivity index (χ0n) is 9.86. The maximum Gasteiger partial charge on any atom is 0.189 e. The topological polar surface area (TPSA) is 9.29 Å². The van der Waals surface area contributed by atoms with Gasteiger partial charge in [0.15, 0.2) is 5.69 Å². The van der Waals surface area contributed by atoms with Crippen molar-refractivity contribution >= 4 is 27.5 Å². The Morgan fingerprint density at radius 2 is 1.94 bits per heavy atom. The zero-order valence-corrected chi connectivity index (χ0v) is 9.86. The highest BCUT2D eigenvalue weighted by molar-refractivity contribution is 6.09. The third kappa shape index (κ3) is 1.26. The molecule has 0 saturated carbocycles. The molecule has 0 spiro atoms. The molecular weight excluding hydrogens is 208 g/mol. The van der Waals surface area contributed by atoms with Crippen LogP contribution >= 0.6 is 0 Å². The number of fused-ring (bicyclic) bond motifs is 3. The van der Waals surface area contributed by atoms with Gasteiger partial charge >= 0.3 is 0 Å². The van der Waals surface area contributed by atoms with Crippen molar-refractivity contribution in [3.8, 4) is 0 Å². The summed E-state index contributed by atoms with van der Waals surface area (Å²) < 4.78 is 2.18. The molecule has 0 saturated heterocycles. The third-order valence-corrected chi connectivity index (χ3v) is 3.34. The van der Waals surface area contributed by atoms with Crippen LogP contribution in [0.25, 0.3) is 26.7 Å². The van der Waals surface area contributed by atoms with Gasteiger partial charge in [0.05, 0.1) is 12.1 Å². The quantitative estimate of drug-likeness (QED) is 0.502. The summed E-state index contributed by atoms with van der Waals surface area (Å²) in [6.07, 6.45) is 0. The highest BCUT2D eigenvalue weighted by Crippen LogP contribution is 2.32. The fraction of sp³-hybridized carbons (Fsp3) is 0.133. The van der Waals surface area contributed by atoms with Gasteiger partial charge in [0.2, 0.25) is 0 Å². The average Bonchev–Trinajstić information content (AvgIpc) is 2.64. The van der Waals surface area contributed by atoms with Gasteiger partial charge in [-0.15, -0.1) is 0 Å². The molecule has 0 aliphatic rings. The minimum atomic E-state index is 0.695. The van der Waals surface area contributed by atoms with Gasteiger partial charge in [-0.25, -0.2) is 4.85 Å². The number of nitrogens with zero attached hydrogens (tertiary/aromatic N) is 2. The summed E-state index contributed by atoms with van der Waals surface area (Å²) in [6, 6.07) is 12.2. The van der Waals surface area contributed by atoms with E-state index >= 15 is 0 Å². The van der Waals surface area contributed by atoms with Crippen LogP contribution in [0.1, 0.15) is 5.56 Å². The van der Waals surface area contributed by atoms with Gasteiger partial charge in [0.1, 0.15) is 0 Å². The highest BCUT2D eigenvalue weighted by Gasteiger charge is 2.09. The lowest BCUT2D eigenvalue weighted by atomic mass is 10.1. The monoisotopic (exact) mass is 220 g/mol. The standard InChI is InChI=1S/C15H12N2/c1-10-5-4-6-13-12-8-7-11(16-2)9-14(12)17(3)15(10)13/h4-9H,1,3H3. The summed E-state index contributed by atoms with van der Waals surface area (Å²) in [5.41, 5.74) is 4.35. The molecule has 0 amide bonds. The summed E-state index contributed by atoms with van der Waals surface area (Å²) in [4.78, 5) is 3.49. The number of aryl methyl sites for hydroxylation is 2. The second-order valence-electron chi connectivity index (χ2n) is 4.34. The Balaban J connectivity index is 2.59. The molecule has 2 aromatic carbocycles. The first kappa shape index (κ1) is 9.92. The fourth-order valence-corrected chi connectivity index (χ4v) is 2.54. The van der Waals surface area contributed by atoms with Gasteiger partial charge in [0, 0.05) is 23.3 Å². The highest BCUT2D eigenvalue weighted by atomic mass is 14.9. The van der Waals surface area contributed by atoms with Crippen LogP contribution < -0.4 is 0 Å². The molecule has 0 fully saturated rings. The molecule has 0 N–H and O–H groups in total. The van der Waals surface area contributed by atoms with Crippen LogP contribution in [0.5, 0.6) is 0 Å². The summed E-state index contributed by atoms with van der Waals surface area (Å²) in [5.74, 6) is 0. The lowest BCUT2D eigenvalue weighted by Gasteiger charge is -2.00. The summed E-state index contributed by atoms with van der Waals surface area (Å²) in [5, 5.41) is 2.48. The van der Waals surface area contributed by atoms with Gasteiger partial charge in [-0.2, -0.15) is 0 Å². The minimum Gasteiger partial charge on any atom is -0.344 e. The van der Waals surface area contributed by atoms with E-state index in [0.29, 0.717) is 5.69 Å². The second-order valence-corrected chi connectivity index (χ2v) is 4.34. The molecular formula is C15H12N2. The number of aromatic nitrogens is 1. The molecule has 2 heteroatoms. The van der Waals surface area contributed by atoms with Crippen molar-refractivity contribution in [2.24, 2.45) is 7.05 Å². The molecule has 0 radical (unpaired) electrons. The number of rotatable bonds is 0. The second kappa shape index (κ2) is 3.36. The van der Waals surface area contributed by atoms with Crippen LogP contribution in [0.15, 0.2) is 36.4 Å². The van der Waals surface area contributed by atoms with Crippen molar-refractivity contribution in [3.63, 3.8) is 0 Å². The largest absolute Gasteiger partial charge is 0.344 e. The predicted octanol–water partition coefficient (Wildman–Crippen LogP) is 4.19. The van der Waals surface area contributed by atoms with E-state index in [-0.39, 0.29) is 0 Å². The van der Waals surface area contributed by atoms with Gasteiger partial charge in [-0.1, -0.05) is 30.3 Å². The van der Waals surface area contributed by atoms with Crippen molar-refractivity contribution in [2.45, 2.75) is 6.92 Å². The summed E-state index contributed by atoms with van der Waals surface area (Å²) in [7, 11) is 2.06. The number of hydrogen-bond acceptors (Lipinski definition) is 0. The van der Waals surface area contributed by atoms with Gasteiger partial charge in [-0.3, -0.25) is 0 Å². The molecule has 17 heavy (non-hydrogen) atoms. The Hall–Kier alpha value is -2.27. The van der Waals surface area contributed by atoms with Crippen molar-refractivity contribution < 1.29 is 0 Å². The van der Waals surface area contributed by atoms with E-state index in [1.807, 2.05) is 18.2 Å². The molecule has 0 unspecified atom stereocenters. The summed E-state index contributed by atoms with van der Waals surface area (Å²) in [6.45, 7) is 9.20. The first-order valence-electron chi connectivity index (χ1n) is 5.57. The maximum atomic E-state index is 7.08. The Morgan fingerprint density at radius 3 is 2.71 bits per heavy atom. The molecule has 3 rings (SSSR count). The molecule has 2 nitrogen and oxygen atoms in total. The van der Waals surface area contributed by atoms with Crippen molar-refractivity contribution in [1.82, 2.24) is 4.57 Å². The van der Waals surface area contributed by atoms with Crippen LogP contribution in [-0.2, 0) is 7.05 Å². The first-order chi connectivity index (χ1) is 8.22. The zero-order chi connectivity index (χ0) is 12.0. The van der Waals surface area contributed by atoms with E-state index in [2.05, 4.69) is 41.6 Å². The smallest absolute Gasteiger partial charge is 0.189 e. The molecule has 1 heterocycles. The first-order valence-corrected chi connectivity index (χ1v) is 5.57. The van der Waals surface area contributed by atoms with Crippen LogP contribution in [0.4, 0.5) is 5.69 Å². The SMILES string of the molecule is [C-]#[N+]c1ccc2c3cccc(C)c3n(C)c2c1. The number of hydrogen-bond donors (Lipinski definition) is 0. The van der Waals surface area contributed by atoms with E-state index in [9.17, 15) is 0 Å². The molecule has 1 aromatic heterocycles. The normalized spacial score (nSPS) is 10.9. The third-order valence-electron chi connectivity index (χ3n) is 3.34. The van der Waals surface area contributed by atoms with E-state index < -0.39 is 0 Å². The lowest BCUT2D eigenvalue weighted by molar-refractivity contribution is 1.01. The Bertz CT molecular complexity index is 773. The van der Waals surface area contributed by atoms with Crippen molar-refractivity contribution in [2.75, 3.05) is 0 Å². The van der Waals surface area contributed by atoms with Crippen molar-refractivity contribution in [1.29, 1.82) is 0 Å². The van der Waals surface area contributed by atoms with Gasteiger partial charge < -0.3 is 4.57 Å². The van der Waals surface area contributed by atoms with E-state index in [1.165, 1.54) is 21.9 Å². The van der Waals surface area contributed by atoms with Crippen LogP contribution in [0.3, 0.4) is 0 Å². The van der Waals surface area contributed by atoms with E-state index in [1.54, 1.807) is 0 Å². The molecule has 82 valence electrons. The minimum absolute atomic E-state index is 0.695. The average molecular weight is 220 g/mol. The van der Waals surface area contributed by atoms with Crippen LogP contribution in [0.2, 0.25) is 0 Å². The summed E-state index contributed by atoms with van der Waals surface area (Å²) >= 11 is 0. The molecule has 0 aliphatic heterocycles. The van der Waals surface area contributed by atoms with Gasteiger partial charge in [0.25, 0.3) is 0 Å². The van der Waals surface area contributed by atoms with Crippen LogP contribution in [-0.4, -0.2) is 4.57 Å². The van der Waals surface area contributed by atoms with Gasteiger partial charge in [-0.05, 0) is 18.6 Å². The van der Waals surface area contributed by atoms with E-state index in [4.69, 9.17) is 6.57 Å². The molecule has 0 aliphatic carbocycles. The predicted molar refractivity (Wildman–Crippen MR) is 71.4 cm³/mol. The fourth-order valence-electron chi connectivity index (χ4n) is 2.54. The number of benzene rings is 2. The van der Waals surface area contributed by atoms with Crippen molar-refractivity contribution in [3.05, 3.63) is 53.4 Å². The Kier molecular flexibility index (Phi) is 1.96. The molecule has 3 aromatic rings.